The Balaban J connectivity index is 2.00. The molecule has 2 amide bonds. The van der Waals surface area contributed by atoms with Crippen LogP contribution in [0.15, 0.2) is 27.1 Å². The van der Waals surface area contributed by atoms with Crippen molar-refractivity contribution >= 4 is 67.2 Å². The third-order valence-corrected chi connectivity index (χ3v) is 7.79. The third kappa shape index (κ3) is 2.84. The first kappa shape index (κ1) is 20.3. The van der Waals surface area contributed by atoms with E-state index in [1.54, 1.807) is 32.0 Å². The second kappa shape index (κ2) is 6.59. The molecule has 0 radical (unpaired) electrons. The molecule has 2 aliphatic rings. The van der Waals surface area contributed by atoms with Crippen LogP contribution in [-0.4, -0.2) is 55.3 Å². The molecule has 2 aliphatic heterocycles. The first-order valence-electron chi connectivity index (χ1n) is 7.96. The first-order chi connectivity index (χ1) is 12.4. The van der Waals surface area contributed by atoms with Crippen LogP contribution < -0.4 is 5.32 Å². The Morgan fingerprint density at radius 2 is 1.78 bits per heavy atom. The minimum absolute atomic E-state index is 0.251. The molecule has 2 N–H and O–H groups in total. The van der Waals surface area contributed by atoms with Gasteiger partial charge in [0.25, 0.3) is 11.8 Å². The maximum absolute atomic E-state index is 12.9. The first-order valence-corrected chi connectivity index (χ1v) is 10.4. The van der Waals surface area contributed by atoms with Gasteiger partial charge in [0, 0.05) is 13.7 Å². The van der Waals surface area contributed by atoms with E-state index in [4.69, 9.17) is 0 Å². The fraction of sp³-hybridized carbons (Fsp3) is 0.412. The molecule has 10 heteroatoms. The number of Topliss-reactive ketones (excluding diaryl/α,β-unsaturated/α-hetero) is 1. The summed E-state index contributed by atoms with van der Waals surface area (Å²) in [6.07, 6.45) is 0. The molecule has 3 atom stereocenters. The second-order valence-electron chi connectivity index (χ2n) is 6.94. The van der Waals surface area contributed by atoms with Crippen LogP contribution in [0.2, 0.25) is 0 Å². The van der Waals surface area contributed by atoms with Gasteiger partial charge in [0.05, 0.1) is 5.56 Å². The zero-order chi connectivity index (χ0) is 20.3. The van der Waals surface area contributed by atoms with Crippen molar-refractivity contribution in [2.45, 2.75) is 42.5 Å². The van der Waals surface area contributed by atoms with Crippen LogP contribution in [-0.2, 0) is 14.4 Å². The van der Waals surface area contributed by atoms with Crippen LogP contribution in [0.3, 0.4) is 0 Å². The van der Waals surface area contributed by atoms with Gasteiger partial charge in [-0.15, -0.1) is 11.8 Å². The van der Waals surface area contributed by atoms with E-state index in [9.17, 15) is 24.3 Å². The predicted octanol–water partition coefficient (Wildman–Crippen LogP) is 2.42. The third-order valence-electron chi connectivity index (χ3n) is 4.84. The van der Waals surface area contributed by atoms with Crippen LogP contribution in [0, 0.1) is 0 Å². The van der Waals surface area contributed by atoms with E-state index < -0.39 is 45.3 Å². The number of nitrogens with one attached hydrogen (secondary N) is 1. The quantitative estimate of drug-likeness (QED) is 0.467. The summed E-state index contributed by atoms with van der Waals surface area (Å²) in [4.78, 5) is 51.2. The van der Waals surface area contributed by atoms with Crippen molar-refractivity contribution in [2.75, 3.05) is 0 Å². The summed E-state index contributed by atoms with van der Waals surface area (Å²) in [6, 6.07) is 4.00. The normalized spacial score (nSPS) is 28.3. The summed E-state index contributed by atoms with van der Waals surface area (Å²) in [5.41, 5.74) is -1.53. The molecule has 1 aromatic rings. The highest BCUT2D eigenvalue weighted by atomic mass is 79.9. The number of rotatable bonds is 4. The SMILES string of the molecule is CC(=O)C1(NC(=O)c2c(Br)cccc2Br)C(=O)N2[C@@H](C(=O)O)C(C)(C)S[C@@H]21. The average Bonchev–Trinajstić information content (AvgIpc) is 2.81. The van der Waals surface area contributed by atoms with E-state index in [1.165, 1.54) is 23.6 Å². The molecule has 1 unspecified atom stereocenters. The number of benzene rings is 1. The van der Waals surface area contributed by atoms with Crippen molar-refractivity contribution in [2.24, 2.45) is 0 Å². The number of hydrogen-bond donors (Lipinski definition) is 2. The standard InChI is InChI=1S/C17H16Br2N2O5S/c1-7(22)17(20-12(23)10-8(18)5-4-6-9(10)19)14(26)21-11(13(24)25)16(2,3)27-15(17)21/h4-6,11,15H,1-3H3,(H,20,23)(H,24,25)/t11-,15+,17?/m0/s1. The second-order valence-corrected chi connectivity index (χ2v) is 10.4. The van der Waals surface area contributed by atoms with Gasteiger partial charge in [-0.05, 0) is 64.8 Å². The smallest absolute Gasteiger partial charge is 0.327 e. The molecule has 0 saturated carbocycles. The van der Waals surface area contributed by atoms with E-state index in [2.05, 4.69) is 37.2 Å². The highest BCUT2D eigenvalue weighted by molar-refractivity contribution is 9.11. The van der Waals surface area contributed by atoms with Gasteiger partial charge in [-0.25, -0.2) is 4.79 Å². The van der Waals surface area contributed by atoms with Gasteiger partial charge >= 0.3 is 5.97 Å². The van der Waals surface area contributed by atoms with Crippen molar-refractivity contribution in [3.63, 3.8) is 0 Å². The van der Waals surface area contributed by atoms with Gasteiger partial charge in [-0.3, -0.25) is 14.4 Å². The molecular weight excluding hydrogens is 504 g/mol. The molecule has 0 aromatic heterocycles. The fourth-order valence-electron chi connectivity index (χ4n) is 3.54. The fourth-order valence-corrected chi connectivity index (χ4v) is 6.65. The van der Waals surface area contributed by atoms with Gasteiger partial charge in [-0.1, -0.05) is 6.07 Å². The lowest BCUT2D eigenvalue weighted by Gasteiger charge is -2.51. The lowest BCUT2D eigenvalue weighted by atomic mass is 9.81. The largest absolute Gasteiger partial charge is 0.480 e. The Morgan fingerprint density at radius 1 is 1.22 bits per heavy atom. The molecule has 3 rings (SSSR count). The number of carbonyl (C=O) groups is 4. The van der Waals surface area contributed by atoms with E-state index in [0.29, 0.717) is 8.95 Å². The molecule has 0 aliphatic carbocycles. The Hall–Kier alpha value is -1.39. The molecule has 27 heavy (non-hydrogen) atoms. The van der Waals surface area contributed by atoms with Crippen LogP contribution in [0.4, 0.5) is 0 Å². The van der Waals surface area contributed by atoms with Gasteiger partial charge in [0.1, 0.15) is 11.4 Å². The van der Waals surface area contributed by atoms with E-state index in [0.717, 1.165) is 0 Å². The van der Waals surface area contributed by atoms with Crippen molar-refractivity contribution in [1.29, 1.82) is 0 Å². The molecule has 144 valence electrons. The van der Waals surface area contributed by atoms with Gasteiger partial charge < -0.3 is 15.3 Å². The van der Waals surface area contributed by atoms with Crippen molar-refractivity contribution in [3.8, 4) is 0 Å². The molecule has 0 bridgehead atoms. The number of carboxylic acid groups (broad SMARTS) is 1. The minimum Gasteiger partial charge on any atom is -0.480 e. The Bertz CT molecular complexity index is 870. The van der Waals surface area contributed by atoms with E-state index >= 15 is 0 Å². The van der Waals surface area contributed by atoms with Crippen LogP contribution in [0.1, 0.15) is 31.1 Å². The zero-order valence-corrected chi connectivity index (χ0v) is 18.6. The summed E-state index contributed by atoms with van der Waals surface area (Å²) in [6.45, 7) is 4.64. The highest BCUT2D eigenvalue weighted by Crippen LogP contribution is 2.55. The maximum atomic E-state index is 12.9. The zero-order valence-electron chi connectivity index (χ0n) is 14.6. The van der Waals surface area contributed by atoms with Gasteiger partial charge in [0.15, 0.2) is 5.78 Å². The van der Waals surface area contributed by atoms with Crippen LogP contribution in [0.5, 0.6) is 0 Å². The molecular formula is C17H16Br2N2O5S. The number of aliphatic carboxylic acids is 1. The summed E-state index contributed by atoms with van der Waals surface area (Å²) in [5.74, 6) is -2.96. The summed E-state index contributed by atoms with van der Waals surface area (Å²) >= 11 is 7.80. The molecule has 1 aromatic carbocycles. The van der Waals surface area contributed by atoms with Crippen molar-refractivity contribution in [3.05, 3.63) is 32.7 Å². The molecule has 7 nitrogen and oxygen atoms in total. The average molecular weight is 520 g/mol. The molecule has 2 heterocycles. The molecule has 0 spiro atoms. The monoisotopic (exact) mass is 518 g/mol. The number of nitrogens with zero attached hydrogens (tertiary/aromatic N) is 1. The lowest BCUT2D eigenvalue weighted by Crippen LogP contribution is -2.82. The molecule has 2 fully saturated rings. The van der Waals surface area contributed by atoms with Crippen molar-refractivity contribution in [1.82, 2.24) is 10.2 Å². The Morgan fingerprint density at radius 3 is 2.26 bits per heavy atom. The number of β-lactam (4-membered cyclic amide) rings is 1. The van der Waals surface area contributed by atoms with Crippen LogP contribution in [0.25, 0.3) is 0 Å². The van der Waals surface area contributed by atoms with E-state index in [1.807, 2.05) is 0 Å². The summed E-state index contributed by atoms with van der Waals surface area (Å²) in [5, 5.41) is 11.4. The number of thioether (sulfide) groups is 1. The van der Waals surface area contributed by atoms with Crippen molar-refractivity contribution < 1.29 is 24.3 Å². The predicted molar refractivity (Wildman–Crippen MR) is 106 cm³/mol. The Labute approximate surface area is 176 Å². The van der Waals surface area contributed by atoms with Gasteiger partial charge in [0.2, 0.25) is 5.54 Å². The number of ketones is 1. The number of amides is 2. The lowest BCUT2D eigenvalue weighted by molar-refractivity contribution is -0.170. The van der Waals surface area contributed by atoms with Crippen LogP contribution >= 0.6 is 43.6 Å². The summed E-state index contributed by atoms with van der Waals surface area (Å²) < 4.78 is 0.196. The number of carboxylic acids is 1. The highest BCUT2D eigenvalue weighted by Gasteiger charge is 2.74. The minimum atomic E-state index is -1.78. The van der Waals surface area contributed by atoms with E-state index in [-0.39, 0.29) is 5.56 Å². The topological polar surface area (TPSA) is 104 Å². The van der Waals surface area contributed by atoms with Gasteiger partial charge in [-0.2, -0.15) is 0 Å². The number of hydrogen-bond acceptors (Lipinski definition) is 5. The number of carbonyl (C=O) groups excluding carboxylic acids is 3. The summed E-state index contributed by atoms with van der Waals surface area (Å²) in [7, 11) is 0. The number of halogens is 2. The maximum Gasteiger partial charge on any atom is 0.327 e. The number of fused-ring (bicyclic) bond motifs is 1. The molecule has 2 saturated heterocycles. The Kier molecular flexibility index (Phi) is 4.97.